The number of hydrogen-bond donors (Lipinski definition) is 1. The zero-order chi connectivity index (χ0) is 15.7. The third-order valence-corrected chi connectivity index (χ3v) is 3.80. The van der Waals surface area contributed by atoms with Gasteiger partial charge in [0.2, 0.25) is 0 Å². The smallest absolute Gasteiger partial charge is 0.123 e. The fraction of sp³-hybridized carbons (Fsp3) is 0.684. The Labute approximate surface area is 125 Å². The van der Waals surface area contributed by atoms with Gasteiger partial charge in [0.05, 0.1) is 0 Å². The Kier molecular flexibility index (Phi) is 4.94. The van der Waals surface area contributed by atoms with Crippen LogP contribution in [0.3, 0.4) is 0 Å². The second-order valence-electron chi connectivity index (χ2n) is 8.47. The second kappa shape index (κ2) is 5.79. The number of phenols is 1. The highest BCUT2D eigenvalue weighted by molar-refractivity contribution is 5.49. The van der Waals surface area contributed by atoms with Crippen LogP contribution in [0.5, 0.6) is 5.75 Å². The molecule has 1 nitrogen and oxygen atoms in total. The zero-order valence-electron chi connectivity index (χ0n) is 14.6. The molecule has 20 heavy (non-hydrogen) atoms. The van der Waals surface area contributed by atoms with Gasteiger partial charge in [0.25, 0.3) is 0 Å². The molecule has 1 rings (SSSR count). The van der Waals surface area contributed by atoms with Gasteiger partial charge in [-0.15, -0.1) is 0 Å². The van der Waals surface area contributed by atoms with E-state index in [4.69, 9.17) is 0 Å². The first-order valence-electron chi connectivity index (χ1n) is 7.79. The van der Waals surface area contributed by atoms with Crippen molar-refractivity contribution in [2.24, 2.45) is 5.92 Å². The van der Waals surface area contributed by atoms with Crippen LogP contribution in [0, 0.1) is 5.92 Å². The van der Waals surface area contributed by atoms with Crippen LogP contribution in [-0.4, -0.2) is 5.11 Å². The van der Waals surface area contributed by atoms with E-state index in [-0.39, 0.29) is 10.8 Å². The van der Waals surface area contributed by atoms with Crippen LogP contribution in [0.2, 0.25) is 0 Å². The van der Waals surface area contributed by atoms with Crippen LogP contribution in [0.15, 0.2) is 12.1 Å². The Morgan fingerprint density at radius 2 is 1.30 bits per heavy atom. The van der Waals surface area contributed by atoms with Gasteiger partial charge in [-0.05, 0) is 46.3 Å². The molecule has 0 aliphatic heterocycles. The van der Waals surface area contributed by atoms with Gasteiger partial charge in [-0.1, -0.05) is 67.5 Å². The molecule has 114 valence electrons. The monoisotopic (exact) mass is 276 g/mol. The molecule has 1 heteroatoms. The summed E-state index contributed by atoms with van der Waals surface area (Å²) in [5.41, 5.74) is 3.44. The lowest BCUT2D eigenvalue weighted by molar-refractivity contribution is 0.422. The highest BCUT2D eigenvalue weighted by Crippen LogP contribution is 2.40. The van der Waals surface area contributed by atoms with Crippen molar-refractivity contribution < 1.29 is 5.11 Å². The average molecular weight is 276 g/mol. The summed E-state index contributed by atoms with van der Waals surface area (Å²) in [6, 6.07) is 4.40. The zero-order valence-corrected chi connectivity index (χ0v) is 14.6. The third kappa shape index (κ3) is 4.26. The lowest BCUT2D eigenvalue weighted by Gasteiger charge is -2.28. The fourth-order valence-corrected chi connectivity index (χ4v) is 2.44. The van der Waals surface area contributed by atoms with Gasteiger partial charge in [0.15, 0.2) is 0 Å². The van der Waals surface area contributed by atoms with Gasteiger partial charge in [-0.2, -0.15) is 0 Å². The molecular weight excluding hydrogens is 244 g/mol. The highest BCUT2D eigenvalue weighted by atomic mass is 16.3. The molecule has 0 aliphatic rings. The molecular formula is C19H32O. The molecule has 0 spiro atoms. The minimum Gasteiger partial charge on any atom is -0.507 e. The van der Waals surface area contributed by atoms with Crippen LogP contribution in [0.4, 0.5) is 0 Å². The molecule has 0 atom stereocenters. The van der Waals surface area contributed by atoms with Gasteiger partial charge in [-0.25, -0.2) is 0 Å². The molecule has 0 aromatic heterocycles. The Morgan fingerprint density at radius 3 is 1.60 bits per heavy atom. The lowest BCUT2D eigenvalue weighted by atomic mass is 9.78. The van der Waals surface area contributed by atoms with Crippen LogP contribution in [-0.2, 0) is 17.3 Å². The largest absolute Gasteiger partial charge is 0.507 e. The molecule has 0 amide bonds. The molecule has 1 N–H and O–H groups in total. The lowest BCUT2D eigenvalue weighted by Crippen LogP contribution is -2.18. The second-order valence-corrected chi connectivity index (χ2v) is 8.47. The maximum atomic E-state index is 10.7. The Hall–Kier alpha value is -0.980. The number of rotatable bonds is 3. The third-order valence-electron chi connectivity index (χ3n) is 3.80. The molecule has 0 saturated carbocycles. The molecule has 1 aromatic rings. The topological polar surface area (TPSA) is 20.2 Å². The van der Waals surface area contributed by atoms with Gasteiger partial charge in [0.1, 0.15) is 5.75 Å². The first-order valence-corrected chi connectivity index (χ1v) is 7.79. The Balaban J connectivity index is 3.35. The summed E-state index contributed by atoms with van der Waals surface area (Å²) in [5, 5.41) is 10.7. The average Bonchev–Trinajstić information content (AvgIpc) is 2.24. The fourth-order valence-electron chi connectivity index (χ4n) is 2.44. The van der Waals surface area contributed by atoms with Crippen molar-refractivity contribution in [1.82, 2.24) is 0 Å². The van der Waals surface area contributed by atoms with E-state index in [0.29, 0.717) is 11.7 Å². The first kappa shape index (κ1) is 17.1. The van der Waals surface area contributed by atoms with E-state index in [1.807, 2.05) is 0 Å². The quantitative estimate of drug-likeness (QED) is 0.764. The van der Waals surface area contributed by atoms with Crippen molar-refractivity contribution >= 4 is 0 Å². The van der Waals surface area contributed by atoms with E-state index in [1.54, 1.807) is 0 Å². The van der Waals surface area contributed by atoms with Crippen LogP contribution in [0.1, 0.15) is 78.5 Å². The minimum absolute atomic E-state index is 0.0298. The highest BCUT2D eigenvalue weighted by Gasteiger charge is 2.26. The first-order chi connectivity index (χ1) is 8.93. The van der Waals surface area contributed by atoms with Crippen molar-refractivity contribution in [3.8, 4) is 5.75 Å². The van der Waals surface area contributed by atoms with Crippen molar-refractivity contribution in [3.63, 3.8) is 0 Å². The van der Waals surface area contributed by atoms with E-state index in [2.05, 4.69) is 67.5 Å². The summed E-state index contributed by atoms with van der Waals surface area (Å²) in [6.45, 7) is 17.5. The number of aryl methyl sites for hydroxylation is 1. The summed E-state index contributed by atoms with van der Waals surface area (Å²) < 4.78 is 0. The summed E-state index contributed by atoms with van der Waals surface area (Å²) in [4.78, 5) is 0. The predicted molar refractivity (Wildman–Crippen MR) is 88.7 cm³/mol. The summed E-state index contributed by atoms with van der Waals surface area (Å²) >= 11 is 0. The van der Waals surface area contributed by atoms with E-state index in [9.17, 15) is 5.11 Å². The summed E-state index contributed by atoms with van der Waals surface area (Å²) in [7, 11) is 0. The molecule has 1 aromatic carbocycles. The molecule has 0 aliphatic carbocycles. The summed E-state index contributed by atoms with van der Waals surface area (Å²) in [5.74, 6) is 1.19. The minimum atomic E-state index is -0.0298. The number of aromatic hydroxyl groups is 1. The van der Waals surface area contributed by atoms with E-state index in [0.717, 1.165) is 17.5 Å². The van der Waals surface area contributed by atoms with Gasteiger partial charge < -0.3 is 5.11 Å². The number of phenolic OH excluding ortho intramolecular Hbond substituents is 1. The van der Waals surface area contributed by atoms with Crippen molar-refractivity contribution in [2.75, 3.05) is 0 Å². The molecule has 0 fully saturated rings. The Morgan fingerprint density at radius 1 is 0.900 bits per heavy atom. The predicted octanol–water partition coefficient (Wildman–Crippen LogP) is 5.58. The van der Waals surface area contributed by atoms with Crippen LogP contribution >= 0.6 is 0 Å². The Bertz CT molecular complexity index is 421. The molecule has 0 bridgehead atoms. The standard InChI is InChI=1S/C19H32O/c1-13(2)9-10-14-11-15(18(3,4)5)17(20)16(12-14)19(6,7)8/h11-13,20H,9-10H2,1-8H3. The van der Waals surface area contributed by atoms with Gasteiger partial charge >= 0.3 is 0 Å². The maximum Gasteiger partial charge on any atom is 0.123 e. The SMILES string of the molecule is CC(C)CCc1cc(C(C)(C)C)c(O)c(C(C)(C)C)c1. The number of hydrogen-bond acceptors (Lipinski definition) is 1. The normalized spacial score (nSPS) is 13.1. The molecule has 0 saturated heterocycles. The summed E-state index contributed by atoms with van der Waals surface area (Å²) in [6.07, 6.45) is 2.28. The number of benzene rings is 1. The van der Waals surface area contributed by atoms with Crippen LogP contribution in [0.25, 0.3) is 0 Å². The molecule has 0 radical (unpaired) electrons. The van der Waals surface area contributed by atoms with E-state index < -0.39 is 0 Å². The van der Waals surface area contributed by atoms with Crippen LogP contribution < -0.4 is 0 Å². The van der Waals surface area contributed by atoms with Crippen molar-refractivity contribution in [1.29, 1.82) is 0 Å². The molecule has 0 heterocycles. The van der Waals surface area contributed by atoms with Crippen molar-refractivity contribution in [3.05, 3.63) is 28.8 Å². The van der Waals surface area contributed by atoms with E-state index in [1.165, 1.54) is 12.0 Å². The maximum absolute atomic E-state index is 10.7. The van der Waals surface area contributed by atoms with Gasteiger partial charge in [-0.3, -0.25) is 0 Å². The molecule has 0 unspecified atom stereocenters. The van der Waals surface area contributed by atoms with Crippen molar-refractivity contribution in [2.45, 2.75) is 79.1 Å². The van der Waals surface area contributed by atoms with E-state index >= 15 is 0 Å². The van der Waals surface area contributed by atoms with Gasteiger partial charge in [0, 0.05) is 0 Å².